The largest absolute Gasteiger partial charge is 0.465 e. The molecule has 0 saturated carbocycles. The van der Waals surface area contributed by atoms with Crippen LogP contribution in [0.25, 0.3) is 0 Å². The first-order valence-corrected chi connectivity index (χ1v) is 6.43. The lowest BCUT2D eigenvalue weighted by molar-refractivity contribution is 0.0592. The minimum Gasteiger partial charge on any atom is -0.465 e. The first kappa shape index (κ1) is 15.4. The highest BCUT2D eigenvalue weighted by molar-refractivity contribution is 5.95. The standard InChI is InChI=1S/C16H14N2O4/c1-21-15(19)11-7-3-5-9-13(11)17-18-14-10-6-4-8-12(14)16(20)22-2/h3-10H,1-2H3/b18-17+. The zero-order valence-corrected chi connectivity index (χ0v) is 12.1. The molecule has 0 unspecified atom stereocenters. The zero-order chi connectivity index (χ0) is 15.9. The minimum absolute atomic E-state index is 0.296. The quantitative estimate of drug-likeness (QED) is 0.637. The number of carbonyl (C=O) groups is 2. The smallest absolute Gasteiger partial charge is 0.340 e. The Bertz CT molecular complexity index is 664. The van der Waals surface area contributed by atoms with Crippen LogP contribution in [-0.2, 0) is 9.47 Å². The van der Waals surface area contributed by atoms with Crippen LogP contribution in [-0.4, -0.2) is 26.2 Å². The number of methoxy groups -OCH3 is 2. The first-order valence-electron chi connectivity index (χ1n) is 6.43. The third-order valence-electron chi connectivity index (χ3n) is 2.88. The van der Waals surface area contributed by atoms with Crippen molar-refractivity contribution in [2.75, 3.05) is 14.2 Å². The molecule has 0 aliphatic rings. The van der Waals surface area contributed by atoms with Crippen molar-refractivity contribution in [3.05, 3.63) is 59.7 Å². The topological polar surface area (TPSA) is 77.3 Å². The maximum Gasteiger partial charge on any atom is 0.340 e. The first-order chi connectivity index (χ1) is 10.7. The summed E-state index contributed by atoms with van der Waals surface area (Å²) in [5.74, 6) is -1.01. The molecule has 22 heavy (non-hydrogen) atoms. The van der Waals surface area contributed by atoms with Gasteiger partial charge in [0.05, 0.1) is 25.3 Å². The SMILES string of the molecule is COC(=O)c1ccccc1/N=N/c1ccccc1C(=O)OC. The molecule has 0 amide bonds. The van der Waals surface area contributed by atoms with Gasteiger partial charge in [0.1, 0.15) is 11.4 Å². The van der Waals surface area contributed by atoms with Crippen molar-refractivity contribution >= 4 is 23.3 Å². The summed E-state index contributed by atoms with van der Waals surface area (Å²) in [6.07, 6.45) is 0. The van der Waals surface area contributed by atoms with Gasteiger partial charge in [-0.15, -0.1) is 10.2 Å². The van der Waals surface area contributed by atoms with E-state index in [-0.39, 0.29) is 0 Å². The summed E-state index contributed by atoms with van der Waals surface area (Å²) < 4.78 is 9.39. The summed E-state index contributed by atoms with van der Waals surface area (Å²) in [5, 5.41) is 8.08. The van der Waals surface area contributed by atoms with Crippen molar-refractivity contribution in [3.8, 4) is 0 Å². The third kappa shape index (κ3) is 3.35. The monoisotopic (exact) mass is 298 g/mol. The van der Waals surface area contributed by atoms with Crippen molar-refractivity contribution in [3.63, 3.8) is 0 Å². The van der Waals surface area contributed by atoms with E-state index in [1.54, 1.807) is 48.5 Å². The summed E-state index contributed by atoms with van der Waals surface area (Å²) in [5.41, 5.74) is 1.30. The highest BCUT2D eigenvalue weighted by Crippen LogP contribution is 2.25. The van der Waals surface area contributed by atoms with Crippen LogP contribution in [0.15, 0.2) is 58.8 Å². The van der Waals surface area contributed by atoms with Gasteiger partial charge in [-0.05, 0) is 24.3 Å². The molecule has 0 aliphatic carbocycles. The van der Waals surface area contributed by atoms with E-state index >= 15 is 0 Å². The normalized spacial score (nSPS) is 10.5. The van der Waals surface area contributed by atoms with Crippen LogP contribution in [0.5, 0.6) is 0 Å². The second-order valence-electron chi connectivity index (χ2n) is 4.22. The number of benzene rings is 2. The molecule has 0 N–H and O–H groups in total. The van der Waals surface area contributed by atoms with Gasteiger partial charge in [0.25, 0.3) is 0 Å². The average molecular weight is 298 g/mol. The summed E-state index contributed by atoms with van der Waals surface area (Å²) in [7, 11) is 2.59. The van der Waals surface area contributed by atoms with Crippen LogP contribution in [0.3, 0.4) is 0 Å². The van der Waals surface area contributed by atoms with Gasteiger partial charge < -0.3 is 9.47 Å². The number of carbonyl (C=O) groups excluding carboxylic acids is 2. The van der Waals surface area contributed by atoms with Crippen molar-refractivity contribution < 1.29 is 19.1 Å². The van der Waals surface area contributed by atoms with E-state index in [4.69, 9.17) is 9.47 Å². The average Bonchev–Trinajstić information content (AvgIpc) is 2.59. The lowest BCUT2D eigenvalue weighted by atomic mass is 10.2. The number of ether oxygens (including phenoxy) is 2. The number of hydrogen-bond acceptors (Lipinski definition) is 6. The Morgan fingerprint density at radius 1 is 0.727 bits per heavy atom. The van der Waals surface area contributed by atoms with Crippen LogP contribution in [0.1, 0.15) is 20.7 Å². The minimum atomic E-state index is -0.504. The number of esters is 2. The molecule has 0 radical (unpaired) electrons. The van der Waals surface area contributed by atoms with E-state index in [9.17, 15) is 9.59 Å². The van der Waals surface area contributed by atoms with Gasteiger partial charge in [-0.25, -0.2) is 9.59 Å². The fourth-order valence-corrected chi connectivity index (χ4v) is 1.79. The fourth-order valence-electron chi connectivity index (χ4n) is 1.79. The lowest BCUT2D eigenvalue weighted by Gasteiger charge is -2.04. The van der Waals surface area contributed by atoms with Crippen LogP contribution in [0.4, 0.5) is 11.4 Å². The number of rotatable bonds is 4. The lowest BCUT2D eigenvalue weighted by Crippen LogP contribution is -2.01. The van der Waals surface area contributed by atoms with Gasteiger partial charge >= 0.3 is 11.9 Å². The predicted octanol–water partition coefficient (Wildman–Crippen LogP) is 3.68. The Morgan fingerprint density at radius 2 is 1.09 bits per heavy atom. The second kappa shape index (κ2) is 7.12. The number of nitrogens with zero attached hydrogens (tertiary/aromatic N) is 2. The molecule has 0 fully saturated rings. The highest BCUT2D eigenvalue weighted by Gasteiger charge is 2.12. The van der Waals surface area contributed by atoms with Crippen molar-refractivity contribution in [2.45, 2.75) is 0 Å². The Morgan fingerprint density at radius 3 is 1.45 bits per heavy atom. The zero-order valence-electron chi connectivity index (χ0n) is 12.1. The van der Waals surface area contributed by atoms with Crippen LogP contribution in [0.2, 0.25) is 0 Å². The predicted molar refractivity (Wildman–Crippen MR) is 79.7 cm³/mol. The molecule has 2 aromatic rings. The van der Waals surface area contributed by atoms with Gasteiger partial charge in [0.15, 0.2) is 0 Å². The molecule has 0 spiro atoms. The second-order valence-corrected chi connectivity index (χ2v) is 4.22. The van der Waals surface area contributed by atoms with E-state index in [1.807, 2.05) is 0 Å². The Labute approximate surface area is 127 Å². The molecule has 2 rings (SSSR count). The van der Waals surface area contributed by atoms with Crippen LogP contribution >= 0.6 is 0 Å². The molecule has 0 aliphatic heterocycles. The Balaban J connectivity index is 2.38. The van der Waals surface area contributed by atoms with Gasteiger partial charge in [-0.3, -0.25) is 0 Å². The number of azo groups is 1. The Hall–Kier alpha value is -3.02. The molecule has 6 nitrogen and oxygen atoms in total. The van der Waals surface area contributed by atoms with E-state index in [0.29, 0.717) is 22.5 Å². The molecule has 2 aromatic carbocycles. The number of hydrogen-bond donors (Lipinski definition) is 0. The maximum absolute atomic E-state index is 11.7. The molecule has 0 saturated heterocycles. The van der Waals surface area contributed by atoms with E-state index in [0.717, 1.165) is 0 Å². The maximum atomic E-state index is 11.7. The van der Waals surface area contributed by atoms with Crippen LogP contribution in [0, 0.1) is 0 Å². The van der Waals surface area contributed by atoms with E-state index in [1.165, 1.54) is 14.2 Å². The van der Waals surface area contributed by atoms with Crippen molar-refractivity contribution in [1.29, 1.82) is 0 Å². The van der Waals surface area contributed by atoms with Gasteiger partial charge in [0.2, 0.25) is 0 Å². The molecular formula is C16H14N2O4. The van der Waals surface area contributed by atoms with E-state index < -0.39 is 11.9 Å². The summed E-state index contributed by atoms with van der Waals surface area (Å²) >= 11 is 0. The third-order valence-corrected chi connectivity index (χ3v) is 2.88. The molecule has 112 valence electrons. The molecular weight excluding hydrogens is 284 g/mol. The Kier molecular flexibility index (Phi) is 4.98. The van der Waals surface area contributed by atoms with Gasteiger partial charge in [0, 0.05) is 0 Å². The van der Waals surface area contributed by atoms with Crippen molar-refractivity contribution in [1.82, 2.24) is 0 Å². The summed E-state index contributed by atoms with van der Waals surface area (Å²) in [4.78, 5) is 23.3. The molecule has 0 bridgehead atoms. The van der Waals surface area contributed by atoms with Gasteiger partial charge in [-0.2, -0.15) is 0 Å². The summed E-state index contributed by atoms with van der Waals surface area (Å²) in [6, 6.07) is 13.3. The van der Waals surface area contributed by atoms with Crippen molar-refractivity contribution in [2.24, 2.45) is 10.2 Å². The van der Waals surface area contributed by atoms with E-state index in [2.05, 4.69) is 10.2 Å². The molecule has 0 aromatic heterocycles. The molecule has 6 heteroatoms. The summed E-state index contributed by atoms with van der Waals surface area (Å²) in [6.45, 7) is 0. The fraction of sp³-hybridized carbons (Fsp3) is 0.125. The van der Waals surface area contributed by atoms with Crippen LogP contribution < -0.4 is 0 Å². The van der Waals surface area contributed by atoms with Gasteiger partial charge in [-0.1, -0.05) is 24.3 Å². The highest BCUT2D eigenvalue weighted by atomic mass is 16.5. The molecule has 0 heterocycles. The molecule has 0 atom stereocenters.